The van der Waals surface area contributed by atoms with E-state index < -0.39 is 23.6 Å². The molecule has 0 aliphatic carbocycles. The standard InChI is InChI=1S/C11H11BrF3NO4/c1-2-19-9(17)4-6-3-8(20-11(13,14)15)7(5-12)10(18)16-6/h3H,2,4-5H2,1H3,(H,16,18). The van der Waals surface area contributed by atoms with E-state index in [2.05, 4.69) is 30.4 Å². The van der Waals surface area contributed by atoms with Crippen LogP contribution in [0, 0.1) is 0 Å². The Morgan fingerprint density at radius 1 is 1.45 bits per heavy atom. The van der Waals surface area contributed by atoms with Crippen LogP contribution in [0.25, 0.3) is 0 Å². The maximum Gasteiger partial charge on any atom is 0.573 e. The lowest BCUT2D eigenvalue weighted by molar-refractivity contribution is -0.274. The quantitative estimate of drug-likeness (QED) is 0.648. The van der Waals surface area contributed by atoms with E-state index in [-0.39, 0.29) is 29.6 Å². The van der Waals surface area contributed by atoms with Gasteiger partial charge in [-0.15, -0.1) is 13.2 Å². The first-order valence-corrected chi connectivity index (χ1v) is 6.61. The predicted molar refractivity (Wildman–Crippen MR) is 66.7 cm³/mol. The van der Waals surface area contributed by atoms with Gasteiger partial charge < -0.3 is 14.5 Å². The van der Waals surface area contributed by atoms with Crippen molar-refractivity contribution in [3.8, 4) is 5.75 Å². The van der Waals surface area contributed by atoms with Gasteiger partial charge in [-0.05, 0) is 6.92 Å². The molecule has 1 aromatic rings. The van der Waals surface area contributed by atoms with Crippen molar-refractivity contribution in [3.05, 3.63) is 27.7 Å². The molecule has 1 rings (SSSR count). The van der Waals surface area contributed by atoms with Crippen molar-refractivity contribution < 1.29 is 27.4 Å². The maximum absolute atomic E-state index is 12.3. The number of hydrogen-bond donors (Lipinski definition) is 1. The third-order valence-corrected chi connectivity index (χ3v) is 2.71. The first kappa shape index (κ1) is 16.5. The fourth-order valence-electron chi connectivity index (χ4n) is 1.42. The fraction of sp³-hybridized carbons (Fsp3) is 0.455. The second-order valence-electron chi connectivity index (χ2n) is 3.63. The molecule has 0 spiro atoms. The Labute approximate surface area is 120 Å². The van der Waals surface area contributed by atoms with Crippen LogP contribution in [0.2, 0.25) is 0 Å². The van der Waals surface area contributed by atoms with Gasteiger partial charge in [-0.25, -0.2) is 0 Å². The zero-order valence-electron chi connectivity index (χ0n) is 10.3. The molecule has 0 unspecified atom stereocenters. The summed E-state index contributed by atoms with van der Waals surface area (Å²) in [5, 5.41) is -0.118. The van der Waals surface area contributed by atoms with Gasteiger partial charge in [0.1, 0.15) is 5.75 Å². The number of alkyl halides is 4. The highest BCUT2D eigenvalue weighted by Gasteiger charge is 2.32. The van der Waals surface area contributed by atoms with Gasteiger partial charge in [0.2, 0.25) is 0 Å². The van der Waals surface area contributed by atoms with E-state index in [0.29, 0.717) is 0 Å². The number of carbonyl (C=O) groups excluding carboxylic acids is 1. The van der Waals surface area contributed by atoms with Crippen LogP contribution in [0.5, 0.6) is 5.75 Å². The van der Waals surface area contributed by atoms with Crippen LogP contribution in [-0.4, -0.2) is 23.9 Å². The van der Waals surface area contributed by atoms with Gasteiger partial charge in [0, 0.05) is 17.1 Å². The third-order valence-electron chi connectivity index (χ3n) is 2.15. The summed E-state index contributed by atoms with van der Waals surface area (Å²) < 4.78 is 45.2. The molecule has 0 saturated heterocycles. The molecule has 0 radical (unpaired) electrons. The van der Waals surface area contributed by atoms with E-state index in [1.54, 1.807) is 6.92 Å². The van der Waals surface area contributed by atoms with Gasteiger partial charge in [-0.3, -0.25) is 9.59 Å². The number of ether oxygens (including phenoxy) is 2. The van der Waals surface area contributed by atoms with Crippen molar-refractivity contribution in [2.45, 2.75) is 25.0 Å². The van der Waals surface area contributed by atoms with Crippen LogP contribution < -0.4 is 10.3 Å². The predicted octanol–water partition coefficient (Wildman–Crippen LogP) is 2.27. The Morgan fingerprint density at radius 3 is 2.60 bits per heavy atom. The summed E-state index contributed by atoms with van der Waals surface area (Å²) in [6.45, 7) is 1.72. The minimum Gasteiger partial charge on any atom is -0.466 e. The molecule has 0 bridgehead atoms. The van der Waals surface area contributed by atoms with E-state index in [9.17, 15) is 22.8 Å². The Balaban J connectivity index is 3.11. The minimum absolute atomic E-state index is 0.0163. The van der Waals surface area contributed by atoms with Crippen molar-refractivity contribution in [2.24, 2.45) is 0 Å². The molecule has 5 nitrogen and oxygen atoms in total. The second-order valence-corrected chi connectivity index (χ2v) is 4.19. The average Bonchev–Trinajstić information content (AvgIpc) is 2.26. The lowest BCUT2D eigenvalue weighted by Gasteiger charge is -2.13. The highest BCUT2D eigenvalue weighted by atomic mass is 79.9. The number of pyridine rings is 1. The molecule has 0 aliphatic rings. The van der Waals surface area contributed by atoms with Crippen molar-refractivity contribution in [1.29, 1.82) is 0 Å². The van der Waals surface area contributed by atoms with Crippen LogP contribution in [0.4, 0.5) is 13.2 Å². The Morgan fingerprint density at radius 2 is 2.10 bits per heavy atom. The number of carbonyl (C=O) groups is 1. The molecule has 0 amide bonds. The fourth-order valence-corrected chi connectivity index (χ4v) is 1.95. The highest BCUT2D eigenvalue weighted by molar-refractivity contribution is 9.08. The van der Waals surface area contributed by atoms with Crippen LogP contribution in [0.3, 0.4) is 0 Å². The summed E-state index contributed by atoms with van der Waals surface area (Å²) in [7, 11) is 0. The molecule has 112 valence electrons. The van der Waals surface area contributed by atoms with Crippen LogP contribution in [-0.2, 0) is 21.3 Å². The van der Waals surface area contributed by atoms with Gasteiger partial charge in [0.15, 0.2) is 0 Å². The van der Waals surface area contributed by atoms with E-state index in [4.69, 9.17) is 0 Å². The molecule has 1 aromatic heterocycles. The number of halogens is 4. The Bertz CT molecular complexity index is 541. The zero-order chi connectivity index (χ0) is 15.3. The van der Waals surface area contributed by atoms with E-state index in [1.807, 2.05) is 0 Å². The van der Waals surface area contributed by atoms with Gasteiger partial charge in [0.25, 0.3) is 5.56 Å². The molecule has 9 heteroatoms. The van der Waals surface area contributed by atoms with Crippen molar-refractivity contribution >= 4 is 21.9 Å². The minimum atomic E-state index is -4.92. The number of esters is 1. The molecule has 20 heavy (non-hydrogen) atoms. The first-order valence-electron chi connectivity index (χ1n) is 5.49. The normalized spacial score (nSPS) is 11.2. The molecule has 0 saturated carbocycles. The lowest BCUT2D eigenvalue weighted by atomic mass is 10.2. The van der Waals surface area contributed by atoms with Gasteiger partial charge in [-0.1, -0.05) is 15.9 Å². The van der Waals surface area contributed by atoms with Crippen molar-refractivity contribution in [1.82, 2.24) is 4.98 Å². The Kier molecular flexibility index (Phi) is 5.61. The molecule has 0 fully saturated rings. The number of aromatic nitrogens is 1. The lowest BCUT2D eigenvalue weighted by Crippen LogP contribution is -2.23. The van der Waals surface area contributed by atoms with Crippen LogP contribution in [0.15, 0.2) is 10.9 Å². The van der Waals surface area contributed by atoms with Crippen LogP contribution in [0.1, 0.15) is 18.2 Å². The topological polar surface area (TPSA) is 68.4 Å². The summed E-state index contributed by atoms with van der Waals surface area (Å²) in [6, 6.07) is 0.961. The number of nitrogens with one attached hydrogen (secondary N) is 1. The summed E-state index contributed by atoms with van der Waals surface area (Å²) in [4.78, 5) is 25.2. The molecule has 0 aliphatic heterocycles. The molecule has 0 atom stereocenters. The monoisotopic (exact) mass is 357 g/mol. The van der Waals surface area contributed by atoms with E-state index >= 15 is 0 Å². The zero-order valence-corrected chi connectivity index (χ0v) is 11.9. The third kappa shape index (κ3) is 4.87. The van der Waals surface area contributed by atoms with Gasteiger partial charge in [0.05, 0.1) is 18.6 Å². The molecule has 1 heterocycles. The largest absolute Gasteiger partial charge is 0.573 e. The molecule has 1 N–H and O–H groups in total. The summed E-state index contributed by atoms with van der Waals surface area (Å²) in [6.07, 6.45) is -5.27. The summed E-state index contributed by atoms with van der Waals surface area (Å²) in [5.74, 6) is -1.30. The van der Waals surface area contributed by atoms with Gasteiger partial charge >= 0.3 is 12.3 Å². The number of aromatic amines is 1. The SMILES string of the molecule is CCOC(=O)Cc1cc(OC(F)(F)F)c(CBr)c(=O)[nH]1. The van der Waals surface area contributed by atoms with Gasteiger partial charge in [-0.2, -0.15) is 0 Å². The van der Waals surface area contributed by atoms with Crippen molar-refractivity contribution in [3.63, 3.8) is 0 Å². The molecular formula is C11H11BrF3NO4. The smallest absolute Gasteiger partial charge is 0.466 e. The van der Waals surface area contributed by atoms with E-state index in [0.717, 1.165) is 6.07 Å². The molecular weight excluding hydrogens is 347 g/mol. The number of rotatable bonds is 5. The molecule has 0 aromatic carbocycles. The number of hydrogen-bond acceptors (Lipinski definition) is 4. The summed E-state index contributed by atoms with van der Waals surface area (Å²) in [5.41, 5.74) is -0.991. The highest BCUT2D eigenvalue weighted by Crippen LogP contribution is 2.26. The number of H-pyrrole nitrogens is 1. The second kappa shape index (κ2) is 6.78. The van der Waals surface area contributed by atoms with E-state index in [1.165, 1.54) is 0 Å². The summed E-state index contributed by atoms with van der Waals surface area (Å²) >= 11 is 2.91. The first-order chi connectivity index (χ1) is 9.26. The maximum atomic E-state index is 12.3. The van der Waals surface area contributed by atoms with Crippen LogP contribution >= 0.6 is 15.9 Å². The Hall–Kier alpha value is -1.51. The average molecular weight is 358 g/mol. The van der Waals surface area contributed by atoms with Crippen molar-refractivity contribution in [2.75, 3.05) is 6.61 Å².